The highest BCUT2D eigenvalue weighted by Crippen LogP contribution is 2.24. The van der Waals surface area contributed by atoms with Gasteiger partial charge >= 0.3 is 0 Å². The molecule has 2 aromatic rings. The molecule has 2 heterocycles. The number of benzene rings is 1. The van der Waals surface area contributed by atoms with Gasteiger partial charge in [0.05, 0.1) is 19.4 Å². The van der Waals surface area contributed by atoms with E-state index in [-0.39, 0.29) is 5.91 Å². The van der Waals surface area contributed by atoms with Crippen LogP contribution in [0.25, 0.3) is 0 Å². The summed E-state index contributed by atoms with van der Waals surface area (Å²) < 4.78 is 10.8. The number of anilines is 1. The molecule has 0 bridgehead atoms. The summed E-state index contributed by atoms with van der Waals surface area (Å²) in [5, 5.41) is 7.99. The summed E-state index contributed by atoms with van der Waals surface area (Å²) in [4.78, 5) is 14.7. The first-order chi connectivity index (χ1) is 12.1. The Morgan fingerprint density at radius 3 is 2.92 bits per heavy atom. The van der Waals surface area contributed by atoms with Crippen molar-refractivity contribution < 1.29 is 14.3 Å². The molecular formula is C18H22N4O3. The van der Waals surface area contributed by atoms with Crippen LogP contribution in [0.15, 0.2) is 24.3 Å². The van der Waals surface area contributed by atoms with Crippen molar-refractivity contribution in [2.45, 2.75) is 26.5 Å². The third kappa shape index (κ3) is 3.71. The van der Waals surface area contributed by atoms with Gasteiger partial charge in [0.25, 0.3) is 5.91 Å². The van der Waals surface area contributed by atoms with Crippen molar-refractivity contribution in [2.24, 2.45) is 0 Å². The average Bonchev–Trinajstić information content (AvgIpc) is 2.64. The number of nitrogen functional groups attached to an aromatic ring is 1. The first kappa shape index (κ1) is 17.2. The molecule has 25 heavy (non-hydrogen) atoms. The minimum Gasteiger partial charge on any atom is -0.496 e. The van der Waals surface area contributed by atoms with Gasteiger partial charge in [-0.25, -0.2) is 0 Å². The standard InChI is InChI=1S/C18H22N4O3/c1-3-25-11-14-8-12(4-5-16(14)24-2)18(23)22-7-6-15-13(10-22)9-17(19)21-20-15/h4-5,8-9H,3,6-7,10-11H2,1-2H3,(H2,19,21). The van der Waals surface area contributed by atoms with Crippen LogP contribution in [0.2, 0.25) is 0 Å². The summed E-state index contributed by atoms with van der Waals surface area (Å²) in [5.41, 5.74) is 9.05. The van der Waals surface area contributed by atoms with Crippen molar-refractivity contribution in [3.05, 3.63) is 46.6 Å². The van der Waals surface area contributed by atoms with Crippen LogP contribution in [0.4, 0.5) is 5.82 Å². The number of rotatable bonds is 5. The highest BCUT2D eigenvalue weighted by molar-refractivity contribution is 5.94. The lowest BCUT2D eigenvalue weighted by atomic mass is 10.0. The molecule has 1 amide bonds. The predicted molar refractivity (Wildman–Crippen MR) is 93.2 cm³/mol. The maximum atomic E-state index is 12.9. The topological polar surface area (TPSA) is 90.6 Å². The molecule has 0 atom stereocenters. The smallest absolute Gasteiger partial charge is 0.254 e. The van der Waals surface area contributed by atoms with Gasteiger partial charge in [-0.05, 0) is 36.8 Å². The second-order valence-electron chi connectivity index (χ2n) is 5.88. The van der Waals surface area contributed by atoms with Gasteiger partial charge < -0.3 is 20.1 Å². The van der Waals surface area contributed by atoms with Crippen molar-refractivity contribution in [1.82, 2.24) is 15.1 Å². The fourth-order valence-electron chi connectivity index (χ4n) is 2.94. The van der Waals surface area contributed by atoms with E-state index in [4.69, 9.17) is 15.2 Å². The summed E-state index contributed by atoms with van der Waals surface area (Å²) >= 11 is 0. The first-order valence-electron chi connectivity index (χ1n) is 8.27. The van der Waals surface area contributed by atoms with Crippen LogP contribution in [0.3, 0.4) is 0 Å². The molecule has 1 aromatic heterocycles. The zero-order valence-electron chi connectivity index (χ0n) is 14.5. The van der Waals surface area contributed by atoms with Crippen LogP contribution in [0.1, 0.15) is 34.1 Å². The van der Waals surface area contributed by atoms with E-state index < -0.39 is 0 Å². The number of methoxy groups -OCH3 is 1. The van der Waals surface area contributed by atoms with Gasteiger partial charge in [-0.3, -0.25) is 4.79 Å². The number of ether oxygens (including phenoxy) is 2. The Labute approximate surface area is 146 Å². The molecular weight excluding hydrogens is 320 g/mol. The molecule has 3 rings (SSSR count). The Morgan fingerprint density at radius 1 is 1.32 bits per heavy atom. The SMILES string of the molecule is CCOCc1cc(C(=O)N2CCc3nnc(N)cc3C2)ccc1OC. The van der Waals surface area contributed by atoms with Gasteiger partial charge in [0.15, 0.2) is 0 Å². The quantitative estimate of drug-likeness (QED) is 0.891. The average molecular weight is 342 g/mol. The number of hydrogen-bond donors (Lipinski definition) is 1. The molecule has 1 aliphatic heterocycles. The maximum absolute atomic E-state index is 12.9. The Morgan fingerprint density at radius 2 is 2.16 bits per heavy atom. The van der Waals surface area contributed by atoms with Crippen LogP contribution >= 0.6 is 0 Å². The fraction of sp³-hybridized carbons (Fsp3) is 0.389. The van der Waals surface area contributed by atoms with Crippen LogP contribution in [0.5, 0.6) is 5.75 Å². The van der Waals surface area contributed by atoms with E-state index in [1.165, 1.54) is 0 Å². The number of aromatic nitrogens is 2. The molecule has 7 nitrogen and oxygen atoms in total. The molecule has 0 saturated carbocycles. The molecule has 0 unspecified atom stereocenters. The Kier molecular flexibility index (Phi) is 5.14. The second kappa shape index (κ2) is 7.48. The number of nitrogens with two attached hydrogens (primary N) is 1. The second-order valence-corrected chi connectivity index (χ2v) is 5.88. The predicted octanol–water partition coefficient (Wildman–Crippen LogP) is 1.80. The zero-order chi connectivity index (χ0) is 17.8. The van der Waals surface area contributed by atoms with Gasteiger partial charge in [0.1, 0.15) is 11.6 Å². The molecule has 0 saturated heterocycles. The van der Waals surface area contributed by atoms with Crippen molar-refractivity contribution in [3.63, 3.8) is 0 Å². The minimum absolute atomic E-state index is 0.0264. The lowest BCUT2D eigenvalue weighted by Gasteiger charge is -2.28. The molecule has 1 aliphatic rings. The molecule has 132 valence electrons. The molecule has 0 radical (unpaired) electrons. The molecule has 2 N–H and O–H groups in total. The van der Waals surface area contributed by atoms with Crippen LogP contribution < -0.4 is 10.5 Å². The number of carbonyl (C=O) groups excluding carboxylic acids is 1. The first-order valence-corrected chi connectivity index (χ1v) is 8.27. The minimum atomic E-state index is -0.0264. The summed E-state index contributed by atoms with van der Waals surface area (Å²) in [6.07, 6.45) is 0.677. The lowest BCUT2D eigenvalue weighted by molar-refractivity contribution is 0.0732. The monoisotopic (exact) mass is 342 g/mol. The van der Waals surface area contributed by atoms with Crippen molar-refractivity contribution in [1.29, 1.82) is 0 Å². The van der Waals surface area contributed by atoms with Crippen LogP contribution in [0, 0.1) is 0 Å². The summed E-state index contributed by atoms with van der Waals surface area (Å²) in [6.45, 7) is 4.04. The van der Waals surface area contributed by atoms with Gasteiger partial charge in [-0.15, -0.1) is 5.10 Å². The Hall–Kier alpha value is -2.67. The normalized spacial score (nSPS) is 13.4. The fourth-order valence-corrected chi connectivity index (χ4v) is 2.94. The summed E-state index contributed by atoms with van der Waals surface area (Å²) in [6, 6.07) is 7.22. The van der Waals surface area contributed by atoms with E-state index in [9.17, 15) is 4.79 Å². The Balaban J connectivity index is 1.81. The maximum Gasteiger partial charge on any atom is 0.254 e. The van der Waals surface area contributed by atoms with E-state index >= 15 is 0 Å². The summed E-state index contributed by atoms with van der Waals surface area (Å²) in [5.74, 6) is 1.06. The van der Waals surface area contributed by atoms with Crippen LogP contribution in [-0.2, 0) is 24.3 Å². The van der Waals surface area contributed by atoms with E-state index in [0.717, 1.165) is 22.6 Å². The lowest BCUT2D eigenvalue weighted by Crippen LogP contribution is -2.36. The van der Waals surface area contributed by atoms with E-state index in [2.05, 4.69) is 10.2 Å². The molecule has 0 spiro atoms. The highest BCUT2D eigenvalue weighted by atomic mass is 16.5. The van der Waals surface area contributed by atoms with Gasteiger partial charge in [-0.1, -0.05) is 0 Å². The van der Waals surface area contributed by atoms with E-state index in [0.29, 0.717) is 44.1 Å². The number of nitrogens with zero attached hydrogens (tertiary/aromatic N) is 3. The van der Waals surface area contributed by atoms with Crippen LogP contribution in [-0.4, -0.2) is 41.3 Å². The van der Waals surface area contributed by atoms with Gasteiger partial charge in [-0.2, -0.15) is 5.10 Å². The van der Waals surface area contributed by atoms with Crippen molar-refractivity contribution in [2.75, 3.05) is 26.0 Å². The zero-order valence-corrected chi connectivity index (χ0v) is 14.5. The van der Waals surface area contributed by atoms with Crippen molar-refractivity contribution >= 4 is 11.7 Å². The molecule has 0 aliphatic carbocycles. The largest absolute Gasteiger partial charge is 0.496 e. The molecule has 1 aromatic carbocycles. The number of amides is 1. The molecule has 7 heteroatoms. The summed E-state index contributed by atoms with van der Waals surface area (Å²) in [7, 11) is 1.61. The van der Waals surface area contributed by atoms with Crippen molar-refractivity contribution in [3.8, 4) is 5.75 Å². The van der Waals surface area contributed by atoms with E-state index in [1.807, 2.05) is 19.1 Å². The number of hydrogen-bond acceptors (Lipinski definition) is 6. The Bertz CT molecular complexity index is 779. The van der Waals surface area contributed by atoms with Gasteiger partial charge in [0, 0.05) is 37.2 Å². The number of fused-ring (bicyclic) bond motifs is 1. The molecule has 0 fully saturated rings. The third-order valence-electron chi connectivity index (χ3n) is 4.23. The third-order valence-corrected chi connectivity index (χ3v) is 4.23. The van der Waals surface area contributed by atoms with Gasteiger partial charge in [0.2, 0.25) is 0 Å². The highest BCUT2D eigenvalue weighted by Gasteiger charge is 2.23. The van der Waals surface area contributed by atoms with E-state index in [1.54, 1.807) is 24.1 Å². The number of carbonyl (C=O) groups is 1.